The molecule has 0 aliphatic rings. The molecular formula is C20H15ClF3NO4. The first-order valence-electron chi connectivity index (χ1n) is 8.41. The molecule has 0 saturated heterocycles. The Labute approximate surface area is 168 Å². The first-order chi connectivity index (χ1) is 13.8. The van der Waals surface area contributed by atoms with Crippen LogP contribution in [0.2, 0.25) is 5.02 Å². The Morgan fingerprint density at radius 1 is 1.21 bits per heavy atom. The van der Waals surface area contributed by atoms with Gasteiger partial charge in [-0.05, 0) is 42.3 Å². The van der Waals surface area contributed by atoms with E-state index in [9.17, 15) is 18.0 Å². The van der Waals surface area contributed by atoms with Gasteiger partial charge >= 0.3 is 12.6 Å². The maximum atomic E-state index is 14.4. The minimum atomic E-state index is -3.15. The molecule has 1 N–H and O–H groups in total. The number of aryl methyl sites for hydroxylation is 1. The van der Waals surface area contributed by atoms with E-state index in [1.54, 1.807) is 31.2 Å². The van der Waals surface area contributed by atoms with E-state index >= 15 is 0 Å². The van der Waals surface area contributed by atoms with E-state index in [1.807, 2.05) is 0 Å². The number of nitrogens with zero attached hydrogens (tertiary/aromatic N) is 1. The number of benzene rings is 2. The monoisotopic (exact) mass is 425 g/mol. The van der Waals surface area contributed by atoms with Crippen LogP contribution >= 0.6 is 11.6 Å². The molecule has 3 rings (SSSR count). The normalized spacial score (nSPS) is 11.1. The Hall–Kier alpha value is -3.00. The van der Waals surface area contributed by atoms with Crippen molar-refractivity contribution >= 4 is 28.5 Å². The van der Waals surface area contributed by atoms with E-state index in [-0.39, 0.29) is 23.1 Å². The van der Waals surface area contributed by atoms with Crippen molar-refractivity contribution in [3.63, 3.8) is 0 Å². The zero-order valence-corrected chi connectivity index (χ0v) is 15.8. The smallest absolute Gasteiger partial charge is 0.388 e. The van der Waals surface area contributed by atoms with E-state index in [1.165, 1.54) is 6.07 Å². The van der Waals surface area contributed by atoms with Crippen LogP contribution in [0.25, 0.3) is 10.9 Å². The minimum Gasteiger partial charge on any atom is -0.481 e. The molecule has 0 spiro atoms. The summed E-state index contributed by atoms with van der Waals surface area (Å²) in [6.07, 6.45) is 0.156. The zero-order chi connectivity index (χ0) is 21.1. The molecule has 0 bridgehead atoms. The lowest BCUT2D eigenvalue weighted by molar-refractivity contribution is -0.139. The summed E-state index contributed by atoms with van der Waals surface area (Å²) < 4.78 is 50.1. The third kappa shape index (κ3) is 4.71. The lowest BCUT2D eigenvalue weighted by Gasteiger charge is -2.17. The van der Waals surface area contributed by atoms with Crippen LogP contribution in [-0.4, -0.2) is 29.3 Å². The molecule has 0 radical (unpaired) electrons. The molecule has 0 amide bonds. The lowest BCUT2D eigenvalue weighted by Crippen LogP contribution is -2.12. The number of aliphatic carboxylic acids is 1. The highest BCUT2D eigenvalue weighted by molar-refractivity contribution is 6.30. The maximum absolute atomic E-state index is 14.4. The fourth-order valence-corrected chi connectivity index (χ4v) is 3.08. The Morgan fingerprint density at radius 3 is 2.52 bits per heavy atom. The number of carboxylic acid groups (broad SMARTS) is 1. The van der Waals surface area contributed by atoms with Gasteiger partial charge in [-0.2, -0.15) is 8.78 Å². The van der Waals surface area contributed by atoms with Crippen molar-refractivity contribution in [3.05, 3.63) is 63.9 Å². The predicted molar refractivity (Wildman–Crippen MR) is 100 cm³/mol. The molecule has 0 saturated carbocycles. The topological polar surface area (TPSA) is 68.7 Å². The van der Waals surface area contributed by atoms with Crippen molar-refractivity contribution in [1.82, 2.24) is 4.98 Å². The van der Waals surface area contributed by atoms with Crippen LogP contribution in [0.1, 0.15) is 16.7 Å². The molecule has 29 heavy (non-hydrogen) atoms. The number of fused-ring (bicyclic) bond motifs is 1. The Bertz CT molecular complexity index is 1060. The van der Waals surface area contributed by atoms with Crippen LogP contribution in [0.15, 0.2) is 36.4 Å². The number of ether oxygens (including phenoxy) is 2. The van der Waals surface area contributed by atoms with Gasteiger partial charge in [-0.25, -0.2) is 14.2 Å². The summed E-state index contributed by atoms with van der Waals surface area (Å²) in [6.45, 7) is -2.22. The third-order valence-electron chi connectivity index (χ3n) is 4.24. The number of carbonyl (C=O) groups is 1. The number of rotatable bonds is 7. The van der Waals surface area contributed by atoms with Crippen LogP contribution in [0, 0.1) is 12.7 Å². The summed E-state index contributed by atoms with van der Waals surface area (Å²) in [4.78, 5) is 14.8. The number of alkyl halides is 2. The average molecular weight is 426 g/mol. The van der Waals surface area contributed by atoms with Gasteiger partial charge < -0.3 is 14.6 Å². The van der Waals surface area contributed by atoms with E-state index in [0.717, 1.165) is 11.6 Å². The first kappa shape index (κ1) is 20.7. The Kier molecular flexibility index (Phi) is 6.12. The number of carboxylic acids is 1. The van der Waals surface area contributed by atoms with E-state index in [0.29, 0.717) is 16.1 Å². The highest BCUT2D eigenvalue weighted by atomic mass is 35.5. The number of halogens is 4. The molecular weight excluding hydrogens is 411 g/mol. The van der Waals surface area contributed by atoms with Crippen molar-refractivity contribution in [2.24, 2.45) is 0 Å². The molecule has 152 valence electrons. The van der Waals surface area contributed by atoms with Crippen LogP contribution in [0.3, 0.4) is 0 Å². The van der Waals surface area contributed by atoms with Gasteiger partial charge in [0.15, 0.2) is 6.61 Å². The largest absolute Gasteiger partial charge is 0.481 e. The molecule has 3 aromatic rings. The molecule has 9 heteroatoms. The summed E-state index contributed by atoms with van der Waals surface area (Å²) >= 11 is 5.88. The van der Waals surface area contributed by atoms with Crippen LogP contribution < -0.4 is 9.47 Å². The lowest BCUT2D eigenvalue weighted by atomic mass is 9.97. The van der Waals surface area contributed by atoms with E-state index in [4.69, 9.17) is 21.4 Å². The molecule has 0 fully saturated rings. The van der Waals surface area contributed by atoms with Gasteiger partial charge in [-0.15, -0.1) is 0 Å². The van der Waals surface area contributed by atoms with Crippen molar-refractivity contribution < 1.29 is 32.5 Å². The Balaban J connectivity index is 2.20. The molecule has 0 aliphatic heterocycles. The van der Waals surface area contributed by atoms with Gasteiger partial charge in [-0.1, -0.05) is 23.7 Å². The average Bonchev–Trinajstić information content (AvgIpc) is 2.65. The number of hydrogen-bond donors (Lipinski definition) is 1. The zero-order valence-electron chi connectivity index (χ0n) is 15.1. The van der Waals surface area contributed by atoms with Crippen LogP contribution in [0.5, 0.6) is 11.6 Å². The fraction of sp³-hybridized carbons (Fsp3) is 0.200. The number of pyridine rings is 1. The number of aromatic nitrogens is 1. The molecule has 2 aromatic carbocycles. The molecule has 1 aromatic heterocycles. The van der Waals surface area contributed by atoms with Gasteiger partial charge in [0.05, 0.1) is 0 Å². The van der Waals surface area contributed by atoms with Gasteiger partial charge in [0.1, 0.15) is 17.1 Å². The third-order valence-corrected chi connectivity index (χ3v) is 4.49. The molecule has 1 heterocycles. The first-order valence-corrected chi connectivity index (χ1v) is 8.79. The standard InChI is InChI=1S/C20H15ClF3NO4/c1-10-13(8-11-2-4-12(21)5-3-11)19(29-20(23)24)25-18-14(22)6-7-15(17(10)18)28-9-16(26)27/h2-7,20H,8-9H2,1H3,(H,26,27). The van der Waals surface area contributed by atoms with Gasteiger partial charge in [0, 0.05) is 22.4 Å². The highest BCUT2D eigenvalue weighted by Crippen LogP contribution is 2.36. The summed E-state index contributed by atoms with van der Waals surface area (Å²) in [7, 11) is 0. The van der Waals surface area contributed by atoms with Crippen molar-refractivity contribution in [1.29, 1.82) is 0 Å². The molecule has 0 aliphatic carbocycles. The second kappa shape index (κ2) is 8.57. The van der Waals surface area contributed by atoms with Crippen LogP contribution in [0.4, 0.5) is 13.2 Å². The second-order valence-electron chi connectivity index (χ2n) is 6.15. The number of hydrogen-bond acceptors (Lipinski definition) is 4. The second-order valence-corrected chi connectivity index (χ2v) is 6.59. The predicted octanol–water partition coefficient (Wildman–Crippen LogP) is 4.99. The molecule has 5 nitrogen and oxygen atoms in total. The summed E-state index contributed by atoms with van der Waals surface area (Å²) in [5.74, 6) is -2.32. The molecule has 0 unspecified atom stereocenters. The fourth-order valence-electron chi connectivity index (χ4n) is 2.96. The van der Waals surface area contributed by atoms with E-state index < -0.39 is 30.9 Å². The summed E-state index contributed by atoms with van der Waals surface area (Å²) in [5, 5.41) is 9.56. The minimum absolute atomic E-state index is 0.0785. The summed E-state index contributed by atoms with van der Waals surface area (Å²) in [5.41, 5.74) is 1.18. The van der Waals surface area contributed by atoms with Gasteiger partial charge in [0.25, 0.3) is 0 Å². The van der Waals surface area contributed by atoms with Crippen LogP contribution in [-0.2, 0) is 11.2 Å². The van der Waals surface area contributed by atoms with Crippen molar-refractivity contribution in [3.8, 4) is 11.6 Å². The Morgan fingerprint density at radius 2 is 1.90 bits per heavy atom. The summed E-state index contributed by atoms with van der Waals surface area (Å²) in [6, 6.07) is 9.02. The highest BCUT2D eigenvalue weighted by Gasteiger charge is 2.22. The van der Waals surface area contributed by atoms with Gasteiger partial charge in [0.2, 0.25) is 5.88 Å². The quantitative estimate of drug-likeness (QED) is 0.577. The van der Waals surface area contributed by atoms with Gasteiger partial charge in [-0.3, -0.25) is 0 Å². The molecule has 0 atom stereocenters. The maximum Gasteiger partial charge on any atom is 0.388 e. The van der Waals surface area contributed by atoms with Crippen molar-refractivity contribution in [2.45, 2.75) is 20.0 Å². The van der Waals surface area contributed by atoms with Crippen molar-refractivity contribution in [2.75, 3.05) is 6.61 Å². The SMILES string of the molecule is Cc1c(Cc2ccc(Cl)cc2)c(OC(F)F)nc2c(F)ccc(OCC(=O)O)c12. The van der Waals surface area contributed by atoms with E-state index in [2.05, 4.69) is 9.72 Å².